The van der Waals surface area contributed by atoms with Gasteiger partial charge in [0, 0.05) is 61.2 Å². The predicted octanol–water partition coefficient (Wildman–Crippen LogP) is 5.90. The number of nitrogens with one attached hydrogen (secondary N) is 1. The van der Waals surface area contributed by atoms with Crippen LogP contribution in [0.4, 0.5) is 5.69 Å². The minimum absolute atomic E-state index is 0.0378. The third kappa shape index (κ3) is 9.05. The molecule has 15 nitrogen and oxygen atoms in total. The molecule has 6 N–H and O–H groups in total. The molecule has 9 unspecified atom stereocenters. The van der Waals surface area contributed by atoms with E-state index in [0.29, 0.717) is 6.42 Å². The Kier molecular flexibility index (Phi) is 14.4. The number of phenolic OH excluding ortho intramolecular Hbond substituents is 3. The summed E-state index contributed by atoms with van der Waals surface area (Å²) in [5.74, 6) is -8.58. The molecule has 9 atom stereocenters. The number of aliphatic hydroxyl groups is 2. The first-order valence-corrected chi connectivity index (χ1v) is 19.1. The Balaban J connectivity index is 1.96. The molecule has 2 aromatic rings. The van der Waals surface area contributed by atoms with Crippen molar-refractivity contribution in [2.45, 2.75) is 105 Å². The summed E-state index contributed by atoms with van der Waals surface area (Å²) < 4.78 is 23.5. The zero-order chi connectivity index (χ0) is 42.5. The van der Waals surface area contributed by atoms with E-state index in [1.54, 1.807) is 39.8 Å². The summed E-state index contributed by atoms with van der Waals surface area (Å²) in [5.41, 5.74) is -0.577. The van der Waals surface area contributed by atoms with Crippen LogP contribution in [0, 0.1) is 30.6 Å². The van der Waals surface area contributed by atoms with Crippen LogP contribution in [-0.2, 0) is 28.6 Å². The Morgan fingerprint density at radius 2 is 1.67 bits per heavy atom. The molecule has 0 aliphatic carbocycles. The van der Waals surface area contributed by atoms with E-state index in [1.165, 1.54) is 53.2 Å². The minimum Gasteiger partial charge on any atom is -0.507 e. The fourth-order valence-electron chi connectivity index (χ4n) is 7.22. The number of aromatic hydroxyl groups is 3. The van der Waals surface area contributed by atoms with Crippen LogP contribution in [0.3, 0.4) is 0 Å². The van der Waals surface area contributed by atoms with Crippen molar-refractivity contribution in [1.29, 1.82) is 0 Å². The molecule has 5 bridgehead atoms. The third-order valence-electron chi connectivity index (χ3n) is 10.9. The molecule has 5 rings (SSSR count). The van der Waals surface area contributed by atoms with Crippen LogP contribution in [-0.4, -0.2) is 93.3 Å². The molecule has 0 fully saturated rings. The monoisotopic (exact) mass is 796 g/mol. The number of Topliss-reactive ketones (excluding diaryl/α,β-unsaturated/α-hetero) is 1. The molecular formula is C42H56N2O13. The number of ether oxygens (including phenoxy) is 4. The molecule has 0 aromatic heterocycles. The Morgan fingerprint density at radius 3 is 2.30 bits per heavy atom. The van der Waals surface area contributed by atoms with E-state index in [9.17, 15) is 39.9 Å². The first-order chi connectivity index (χ1) is 26.8. The Bertz CT molecular complexity index is 1970. The molecule has 2 aromatic carbocycles. The van der Waals surface area contributed by atoms with Gasteiger partial charge in [-0.3, -0.25) is 14.4 Å². The van der Waals surface area contributed by atoms with Crippen molar-refractivity contribution in [3.63, 3.8) is 0 Å². The average molecular weight is 797 g/mol. The molecule has 0 saturated heterocycles. The number of esters is 1. The number of unbranched alkanes of at least 4 members (excludes halogenated alkanes) is 1. The smallest absolute Gasteiger partial charge is 0.312 e. The Labute approximate surface area is 332 Å². The number of fused-ring (bicyclic) bond motifs is 14. The molecule has 3 heterocycles. The number of aliphatic hydroxyl groups excluding tert-OH is 2. The van der Waals surface area contributed by atoms with Gasteiger partial charge in [0.25, 0.3) is 11.7 Å². The van der Waals surface area contributed by atoms with Crippen molar-refractivity contribution in [2.24, 2.45) is 28.8 Å². The number of allylic oxidation sites excluding steroid dienone is 2. The number of methoxy groups -OCH3 is 1. The first-order valence-electron chi connectivity index (χ1n) is 19.1. The zero-order valence-corrected chi connectivity index (χ0v) is 34.2. The van der Waals surface area contributed by atoms with Crippen LogP contribution in [0.1, 0.15) is 89.7 Å². The van der Waals surface area contributed by atoms with Gasteiger partial charge in [0.15, 0.2) is 5.75 Å². The van der Waals surface area contributed by atoms with E-state index in [0.717, 1.165) is 12.6 Å². The van der Waals surface area contributed by atoms with Crippen LogP contribution >= 0.6 is 0 Å². The fourth-order valence-corrected chi connectivity index (χ4v) is 7.22. The number of hydrogen-bond donors (Lipinski definition) is 6. The minimum atomic E-state index is -2.05. The number of carbonyl (C=O) groups is 3. The Morgan fingerprint density at radius 1 is 0.982 bits per heavy atom. The van der Waals surface area contributed by atoms with E-state index in [4.69, 9.17) is 23.8 Å². The number of benzene rings is 2. The van der Waals surface area contributed by atoms with E-state index in [-0.39, 0.29) is 51.1 Å². The number of hydrogen-bond acceptors (Lipinski definition) is 14. The van der Waals surface area contributed by atoms with Gasteiger partial charge in [-0.1, -0.05) is 64.4 Å². The molecule has 312 valence electrons. The van der Waals surface area contributed by atoms with Crippen molar-refractivity contribution < 1.29 is 63.7 Å². The summed E-state index contributed by atoms with van der Waals surface area (Å²) in [7, 11) is 1.43. The molecule has 3 aliphatic heterocycles. The number of rotatable bonds is 7. The lowest BCUT2D eigenvalue weighted by Crippen LogP contribution is -2.46. The number of oxime groups is 1. The molecular weight excluding hydrogens is 740 g/mol. The Hall–Kier alpha value is -5.12. The summed E-state index contributed by atoms with van der Waals surface area (Å²) in [5, 5.41) is 63.8. The average Bonchev–Trinajstić information content (AvgIpc) is 3.43. The van der Waals surface area contributed by atoms with Gasteiger partial charge in [0.05, 0.1) is 53.0 Å². The lowest BCUT2D eigenvalue weighted by atomic mass is 9.78. The number of anilines is 1. The first kappa shape index (κ1) is 44.6. The molecule has 3 aliphatic rings. The van der Waals surface area contributed by atoms with Crippen LogP contribution in [0.5, 0.6) is 23.0 Å². The third-order valence-corrected chi connectivity index (χ3v) is 10.9. The van der Waals surface area contributed by atoms with Crippen molar-refractivity contribution >= 4 is 40.3 Å². The SMILES string of the molecule is CCCCO/N=C/c1c2c(O)c3c(O)c(C)c4c(c3c1O)C(=O)C(C)(O/C=C/C(OC)C(C)C(OC(C)=O)C(C)C(O)C(C)C(O)C(C)/C=C/C=C(/C)C(=O)N2)O4. The zero-order valence-electron chi connectivity index (χ0n) is 34.2. The van der Waals surface area contributed by atoms with Crippen molar-refractivity contribution in [1.82, 2.24) is 0 Å². The number of amides is 1. The van der Waals surface area contributed by atoms with E-state index >= 15 is 0 Å². The highest BCUT2D eigenvalue weighted by atomic mass is 16.7. The maximum Gasteiger partial charge on any atom is 0.312 e. The molecule has 0 spiro atoms. The number of carbonyl (C=O) groups excluding carboxylic acids is 3. The van der Waals surface area contributed by atoms with Crippen LogP contribution < -0.4 is 10.1 Å². The van der Waals surface area contributed by atoms with Crippen molar-refractivity contribution in [2.75, 3.05) is 19.0 Å². The van der Waals surface area contributed by atoms with Gasteiger partial charge in [0.2, 0.25) is 0 Å². The number of ketones is 1. The van der Waals surface area contributed by atoms with Gasteiger partial charge in [-0.2, -0.15) is 0 Å². The highest BCUT2D eigenvalue weighted by molar-refractivity contribution is 6.23. The van der Waals surface area contributed by atoms with Gasteiger partial charge >= 0.3 is 11.8 Å². The maximum atomic E-state index is 14.3. The highest BCUT2D eigenvalue weighted by Gasteiger charge is 2.50. The molecule has 57 heavy (non-hydrogen) atoms. The topological polar surface area (TPSA) is 223 Å². The highest BCUT2D eigenvalue weighted by Crippen LogP contribution is 2.55. The summed E-state index contributed by atoms with van der Waals surface area (Å²) in [4.78, 5) is 45.5. The van der Waals surface area contributed by atoms with E-state index in [2.05, 4.69) is 10.5 Å². The molecule has 0 radical (unpaired) electrons. The second kappa shape index (κ2) is 18.4. The van der Waals surface area contributed by atoms with Crippen LogP contribution in [0.25, 0.3) is 10.8 Å². The summed E-state index contributed by atoms with van der Waals surface area (Å²) in [6.07, 6.45) is 6.05. The summed E-state index contributed by atoms with van der Waals surface area (Å²) >= 11 is 0. The van der Waals surface area contributed by atoms with Crippen molar-refractivity contribution in [3.8, 4) is 23.0 Å². The molecule has 1 amide bonds. The lowest BCUT2D eigenvalue weighted by molar-refractivity contribution is -0.160. The van der Waals surface area contributed by atoms with E-state index in [1.807, 2.05) is 6.92 Å². The largest absolute Gasteiger partial charge is 0.507 e. The summed E-state index contributed by atoms with van der Waals surface area (Å²) in [6.45, 7) is 14.6. The van der Waals surface area contributed by atoms with E-state index < -0.39 is 88.8 Å². The normalized spacial score (nSPS) is 30.7. The second-order valence-corrected chi connectivity index (χ2v) is 15.0. The number of nitrogens with zero attached hydrogens (tertiary/aromatic N) is 1. The lowest BCUT2D eigenvalue weighted by Gasteiger charge is -2.38. The van der Waals surface area contributed by atoms with Gasteiger partial charge in [-0.25, -0.2) is 0 Å². The quantitative estimate of drug-likeness (QED) is 0.0480. The van der Waals surface area contributed by atoms with Gasteiger partial charge in [-0.05, 0) is 26.3 Å². The van der Waals surface area contributed by atoms with Gasteiger partial charge in [0.1, 0.15) is 30.0 Å². The standard InChI is InChI=1S/C42H56N2O13/c1-11-12-17-55-43-19-27-32-37(50)30-29(36(27)49)31-39(25(7)35(30)48)57-42(9,40(31)51)54-18-16-28(53-10)22(4)38(56-26(8)45)24(6)34(47)23(5)33(46)20(2)14-13-15-21(3)41(52)44-32/h13-16,18-20,22-24,28,33-34,38,46-50H,11-12,17H2,1-10H3,(H,44,52)/b14-13+,18-16+,21-15-,43-19+. The molecule has 15 heteroatoms. The van der Waals surface area contributed by atoms with Crippen LogP contribution in [0.15, 0.2) is 41.3 Å². The maximum absolute atomic E-state index is 14.3. The molecule has 0 saturated carbocycles. The predicted molar refractivity (Wildman–Crippen MR) is 212 cm³/mol. The van der Waals surface area contributed by atoms with Gasteiger partial charge < -0.3 is 54.6 Å². The van der Waals surface area contributed by atoms with Gasteiger partial charge in [-0.15, -0.1) is 0 Å². The van der Waals surface area contributed by atoms with Crippen molar-refractivity contribution in [3.05, 3.63) is 52.8 Å². The second-order valence-electron chi connectivity index (χ2n) is 15.0. The van der Waals surface area contributed by atoms with Crippen LogP contribution in [0.2, 0.25) is 0 Å². The summed E-state index contributed by atoms with van der Waals surface area (Å²) in [6, 6.07) is 0. The fraction of sp³-hybridized carbons (Fsp3) is 0.524. The number of phenols is 3.